The van der Waals surface area contributed by atoms with Crippen molar-refractivity contribution in [3.05, 3.63) is 66.2 Å². The lowest BCUT2D eigenvalue weighted by Gasteiger charge is -2.42. The van der Waals surface area contributed by atoms with Gasteiger partial charge in [0.2, 0.25) is 0 Å². The average Bonchev–Trinajstić information content (AvgIpc) is 2.82. The summed E-state index contributed by atoms with van der Waals surface area (Å²) in [6.07, 6.45) is 1.12. The summed E-state index contributed by atoms with van der Waals surface area (Å²) in [6, 6.07) is 15.4. The maximum absolute atomic E-state index is 13.5. The van der Waals surface area contributed by atoms with Gasteiger partial charge in [-0.25, -0.2) is 8.42 Å². The molecule has 2 fully saturated rings. The van der Waals surface area contributed by atoms with E-state index in [0.29, 0.717) is 24.1 Å². The minimum absolute atomic E-state index is 0.0144. The van der Waals surface area contributed by atoms with Crippen LogP contribution in [0.25, 0.3) is 10.8 Å². The smallest absolute Gasteiger partial charge is 0.370 e. The molecule has 1 aliphatic carbocycles. The molecule has 1 heterocycles. The number of hydrogen-bond donors (Lipinski definition) is 1. The molecular weight excluding hydrogens is 461 g/mol. The van der Waals surface area contributed by atoms with Gasteiger partial charge < -0.3 is 4.90 Å². The summed E-state index contributed by atoms with van der Waals surface area (Å²) < 4.78 is 69.5. The van der Waals surface area contributed by atoms with Gasteiger partial charge in [0.1, 0.15) is 0 Å². The number of piperidine rings is 1. The number of halogens is 3. The first kappa shape index (κ1) is 23.0. The Morgan fingerprint density at radius 1 is 0.853 bits per heavy atom. The van der Waals surface area contributed by atoms with Crippen LogP contribution in [0.5, 0.6) is 0 Å². The van der Waals surface area contributed by atoms with Gasteiger partial charge >= 0.3 is 6.18 Å². The highest BCUT2D eigenvalue weighted by Gasteiger charge is 2.35. The maximum Gasteiger partial charge on any atom is 0.416 e. The van der Waals surface area contributed by atoms with Crippen LogP contribution in [0.4, 0.5) is 24.5 Å². The van der Waals surface area contributed by atoms with Crippen LogP contribution in [0.3, 0.4) is 0 Å². The molecule has 0 radical (unpaired) electrons. The van der Waals surface area contributed by atoms with Crippen LogP contribution in [0, 0.1) is 11.8 Å². The number of nitrogens with one attached hydrogen (secondary N) is 1. The molecule has 2 atom stereocenters. The van der Waals surface area contributed by atoms with Crippen LogP contribution < -0.4 is 9.62 Å². The Bertz CT molecular complexity index is 1310. The van der Waals surface area contributed by atoms with E-state index in [-0.39, 0.29) is 10.6 Å². The predicted octanol–water partition coefficient (Wildman–Crippen LogP) is 6.68. The normalized spacial score (nSPS) is 21.3. The van der Waals surface area contributed by atoms with Crippen molar-refractivity contribution in [2.24, 2.45) is 11.8 Å². The number of hydrogen-bond acceptors (Lipinski definition) is 3. The fraction of sp³-hybridized carbons (Fsp3) is 0.385. The fourth-order valence-electron chi connectivity index (χ4n) is 5.43. The van der Waals surface area contributed by atoms with E-state index in [2.05, 4.69) is 4.72 Å². The molecular formula is C26H27F3N2O2S. The van der Waals surface area contributed by atoms with Gasteiger partial charge in [-0.05, 0) is 65.8 Å². The summed E-state index contributed by atoms with van der Waals surface area (Å²) in [7, 11) is -4.10. The molecule has 34 heavy (non-hydrogen) atoms. The highest BCUT2D eigenvalue weighted by molar-refractivity contribution is 7.92. The van der Waals surface area contributed by atoms with Gasteiger partial charge in [-0.1, -0.05) is 49.6 Å². The monoisotopic (exact) mass is 488 g/mol. The van der Waals surface area contributed by atoms with Gasteiger partial charge in [-0.3, -0.25) is 4.72 Å². The third-order valence-corrected chi connectivity index (χ3v) is 8.59. The summed E-state index contributed by atoms with van der Waals surface area (Å²) in [5.74, 6) is 1.15. The van der Waals surface area contributed by atoms with Crippen LogP contribution in [-0.4, -0.2) is 21.5 Å². The van der Waals surface area contributed by atoms with Crippen molar-refractivity contribution in [2.75, 3.05) is 22.7 Å². The highest BCUT2D eigenvalue weighted by Crippen LogP contribution is 2.41. The highest BCUT2D eigenvalue weighted by atomic mass is 32.2. The molecule has 180 valence electrons. The van der Waals surface area contributed by atoms with E-state index in [9.17, 15) is 21.6 Å². The van der Waals surface area contributed by atoms with E-state index in [0.717, 1.165) is 42.3 Å². The number of anilines is 2. The zero-order valence-corrected chi connectivity index (χ0v) is 19.5. The van der Waals surface area contributed by atoms with E-state index in [4.69, 9.17) is 0 Å². The molecule has 0 spiro atoms. The lowest BCUT2D eigenvalue weighted by molar-refractivity contribution is -0.137. The third-order valence-electron chi connectivity index (χ3n) is 7.23. The predicted molar refractivity (Wildman–Crippen MR) is 128 cm³/mol. The van der Waals surface area contributed by atoms with Gasteiger partial charge in [-0.15, -0.1) is 0 Å². The number of rotatable bonds is 4. The molecule has 8 heteroatoms. The van der Waals surface area contributed by atoms with Gasteiger partial charge in [0.05, 0.1) is 21.8 Å². The molecule has 1 saturated heterocycles. The summed E-state index contributed by atoms with van der Waals surface area (Å²) in [5.41, 5.74) is -0.404. The van der Waals surface area contributed by atoms with E-state index in [1.807, 2.05) is 23.1 Å². The van der Waals surface area contributed by atoms with Gasteiger partial charge in [0, 0.05) is 13.1 Å². The van der Waals surface area contributed by atoms with E-state index < -0.39 is 21.8 Å². The van der Waals surface area contributed by atoms with Crippen molar-refractivity contribution >= 4 is 32.2 Å². The van der Waals surface area contributed by atoms with Crippen molar-refractivity contribution < 1.29 is 21.6 Å². The van der Waals surface area contributed by atoms with E-state index in [1.54, 1.807) is 18.2 Å². The molecule has 1 N–H and O–H groups in total. The minimum atomic E-state index is -4.57. The SMILES string of the molecule is O=S(=O)(Nc1cc(C(F)(F)F)ccc1N1CC[C@@H]2CCCC[C@H]2C1)c1ccc2ccccc2c1. The topological polar surface area (TPSA) is 49.4 Å². The van der Waals surface area contributed by atoms with E-state index >= 15 is 0 Å². The van der Waals surface area contributed by atoms with Crippen LogP contribution in [0.1, 0.15) is 37.7 Å². The molecule has 0 aromatic heterocycles. The van der Waals surface area contributed by atoms with E-state index in [1.165, 1.54) is 31.4 Å². The number of alkyl halides is 3. The molecule has 0 amide bonds. The summed E-state index contributed by atoms with van der Waals surface area (Å²) >= 11 is 0. The maximum atomic E-state index is 13.5. The Balaban J connectivity index is 1.50. The first-order valence-corrected chi connectivity index (χ1v) is 13.2. The van der Waals surface area contributed by atoms with Gasteiger partial charge in [0.25, 0.3) is 10.0 Å². The first-order chi connectivity index (χ1) is 16.2. The molecule has 5 rings (SSSR count). The van der Waals surface area contributed by atoms with Crippen LogP contribution in [-0.2, 0) is 16.2 Å². The molecule has 0 bridgehead atoms. The third kappa shape index (κ3) is 4.60. The number of sulfonamides is 1. The fourth-order valence-corrected chi connectivity index (χ4v) is 6.53. The first-order valence-electron chi connectivity index (χ1n) is 11.7. The molecule has 1 saturated carbocycles. The molecule has 4 nitrogen and oxygen atoms in total. The average molecular weight is 489 g/mol. The van der Waals surface area contributed by atoms with Gasteiger partial charge in [-0.2, -0.15) is 13.2 Å². The Labute approximate surface area is 197 Å². The Kier molecular flexibility index (Phi) is 5.96. The van der Waals surface area contributed by atoms with Crippen LogP contribution in [0.15, 0.2) is 65.6 Å². The molecule has 3 aromatic rings. The zero-order chi connectivity index (χ0) is 23.9. The second kappa shape index (κ2) is 8.80. The standard InChI is InChI=1S/C26H27F3N2O2S/c27-26(28,29)22-10-12-25(31-14-13-19-6-2-4-8-21(19)17-31)24(16-22)30-34(32,33)23-11-9-18-5-1-3-7-20(18)15-23/h1,3,5,7,9-12,15-16,19,21,30H,2,4,6,8,13-14,17H2/t19-,21-/m0/s1. The lowest BCUT2D eigenvalue weighted by Crippen LogP contribution is -2.42. The van der Waals surface area contributed by atoms with Crippen molar-refractivity contribution in [2.45, 2.75) is 43.2 Å². The zero-order valence-electron chi connectivity index (χ0n) is 18.7. The number of nitrogens with zero attached hydrogens (tertiary/aromatic N) is 1. The Morgan fingerprint density at radius 3 is 2.35 bits per heavy atom. The quantitative estimate of drug-likeness (QED) is 0.446. The Morgan fingerprint density at radius 2 is 1.59 bits per heavy atom. The van der Waals surface area contributed by atoms with Crippen LogP contribution in [0.2, 0.25) is 0 Å². The second-order valence-corrected chi connectivity index (χ2v) is 11.1. The Hall–Kier alpha value is -2.74. The number of benzene rings is 3. The molecule has 2 aliphatic rings. The summed E-state index contributed by atoms with van der Waals surface area (Å²) in [6.45, 7) is 1.44. The van der Waals surface area contributed by atoms with Gasteiger partial charge in [0.15, 0.2) is 0 Å². The largest absolute Gasteiger partial charge is 0.416 e. The number of fused-ring (bicyclic) bond motifs is 2. The molecule has 1 aliphatic heterocycles. The summed E-state index contributed by atoms with van der Waals surface area (Å²) in [4.78, 5) is 2.06. The second-order valence-electron chi connectivity index (χ2n) is 9.38. The van der Waals surface area contributed by atoms with Crippen molar-refractivity contribution in [3.8, 4) is 0 Å². The van der Waals surface area contributed by atoms with Crippen LogP contribution >= 0.6 is 0 Å². The minimum Gasteiger partial charge on any atom is -0.370 e. The summed E-state index contributed by atoms with van der Waals surface area (Å²) in [5, 5.41) is 1.63. The lowest BCUT2D eigenvalue weighted by atomic mass is 9.75. The van der Waals surface area contributed by atoms with Crippen molar-refractivity contribution in [1.29, 1.82) is 0 Å². The van der Waals surface area contributed by atoms with Crippen molar-refractivity contribution in [1.82, 2.24) is 0 Å². The van der Waals surface area contributed by atoms with Crippen molar-refractivity contribution in [3.63, 3.8) is 0 Å². The molecule has 3 aromatic carbocycles. The molecule has 0 unspecified atom stereocenters.